The second-order valence-electron chi connectivity index (χ2n) is 7.19. The number of hydrogen-bond donors (Lipinski definition) is 0. The molecule has 0 unspecified atom stereocenters. The molecule has 0 amide bonds. The first-order valence-electron chi connectivity index (χ1n) is 10.1. The minimum absolute atomic E-state index is 0.826. The van der Waals surface area contributed by atoms with E-state index in [1.165, 1.54) is 72.8 Å². The summed E-state index contributed by atoms with van der Waals surface area (Å²) in [6, 6.07) is 16.1. The van der Waals surface area contributed by atoms with Crippen molar-refractivity contribution in [2.75, 3.05) is 0 Å². The molecule has 0 saturated carbocycles. The van der Waals surface area contributed by atoms with Crippen LogP contribution in [0.25, 0.3) is 17.2 Å². The van der Waals surface area contributed by atoms with Crippen molar-refractivity contribution in [2.45, 2.75) is 65.2 Å². The average Bonchev–Trinajstić information content (AvgIpc) is 3.09. The zero-order chi connectivity index (χ0) is 19.5. The first-order chi connectivity index (χ1) is 13.2. The van der Waals surface area contributed by atoms with Gasteiger partial charge in [0.25, 0.3) is 0 Å². The molecule has 0 aliphatic heterocycles. The average molecular weight is 481 g/mol. The quantitative estimate of drug-likeness (QED) is 0.332. The van der Waals surface area contributed by atoms with E-state index in [1.807, 2.05) is 0 Å². The third-order valence-corrected chi connectivity index (χ3v) is 5.12. The molecule has 0 spiro atoms. The number of hydrogen-bond acceptors (Lipinski definition) is 0. The van der Waals surface area contributed by atoms with Crippen LogP contribution < -0.4 is 0 Å². The predicted molar refractivity (Wildman–Crippen MR) is 118 cm³/mol. The van der Waals surface area contributed by atoms with Crippen LogP contribution in [0.2, 0.25) is 0 Å². The van der Waals surface area contributed by atoms with Gasteiger partial charge in [-0.15, -0.1) is 0 Å². The van der Waals surface area contributed by atoms with Crippen LogP contribution in [0.4, 0.5) is 0 Å². The fourth-order valence-corrected chi connectivity index (χ4v) is 3.78. The third kappa shape index (κ3) is 7.19. The van der Waals surface area contributed by atoms with E-state index in [1.54, 1.807) is 5.57 Å². The summed E-state index contributed by atoms with van der Waals surface area (Å²) in [5.74, 6) is 0. The summed E-state index contributed by atoms with van der Waals surface area (Å²) in [5, 5.41) is 0. The van der Waals surface area contributed by atoms with E-state index >= 15 is 0 Å². The van der Waals surface area contributed by atoms with Gasteiger partial charge in [0.2, 0.25) is 0 Å². The van der Waals surface area contributed by atoms with Gasteiger partial charge in [0.15, 0.2) is 0 Å². The molecule has 2 aromatic rings. The van der Waals surface area contributed by atoms with Crippen molar-refractivity contribution in [1.82, 2.24) is 0 Å². The third-order valence-electron chi connectivity index (χ3n) is 5.12. The van der Waals surface area contributed by atoms with Gasteiger partial charge in [0.1, 0.15) is 0 Å². The van der Waals surface area contributed by atoms with Crippen LogP contribution >= 0.6 is 17.0 Å². The second-order valence-corrected chi connectivity index (χ2v) is 10.9. The molecular weight excluding hydrogens is 450 g/mol. The predicted octanol–water partition coefficient (Wildman–Crippen LogP) is 8.59. The summed E-state index contributed by atoms with van der Waals surface area (Å²) in [6.07, 6.45) is 12.6. The van der Waals surface area contributed by atoms with Crippen molar-refractivity contribution in [3.8, 4) is 11.1 Å². The summed E-state index contributed by atoms with van der Waals surface area (Å²) in [7, 11) is 9.87. The maximum atomic E-state index is 4.93. The molecule has 0 fully saturated rings. The molecule has 0 heterocycles. The van der Waals surface area contributed by atoms with Crippen molar-refractivity contribution in [2.24, 2.45) is 0 Å². The molecule has 27 heavy (non-hydrogen) atoms. The normalized spacial score (nSPS) is 12.1. The van der Waals surface area contributed by atoms with E-state index in [0.717, 1.165) is 6.42 Å². The van der Waals surface area contributed by atoms with Gasteiger partial charge in [0.05, 0.1) is 0 Å². The molecule has 0 aromatic heterocycles. The van der Waals surface area contributed by atoms with Crippen LogP contribution in [0.3, 0.4) is 0 Å². The molecule has 2 aromatic carbocycles. The van der Waals surface area contributed by atoms with Crippen LogP contribution in [0.15, 0.2) is 48.0 Å². The summed E-state index contributed by atoms with van der Waals surface area (Å²) in [5.41, 5.74) is 8.78. The van der Waals surface area contributed by atoms with Gasteiger partial charge in [0, 0.05) is 0 Å². The van der Waals surface area contributed by atoms with E-state index in [2.05, 4.69) is 62.4 Å². The Labute approximate surface area is 184 Å². The molecule has 144 valence electrons. The summed E-state index contributed by atoms with van der Waals surface area (Å²) >= 11 is -0.826. The molecule has 3 heteroatoms. The van der Waals surface area contributed by atoms with Crippen LogP contribution in [0, 0.1) is 0 Å². The van der Waals surface area contributed by atoms with Crippen LogP contribution in [-0.4, -0.2) is 0 Å². The Morgan fingerprint density at radius 1 is 0.852 bits per heavy atom. The molecule has 0 bridgehead atoms. The summed E-state index contributed by atoms with van der Waals surface area (Å²) < 4.78 is 0. The van der Waals surface area contributed by atoms with Crippen LogP contribution in [-0.2, 0) is 33.7 Å². The van der Waals surface area contributed by atoms with E-state index in [0.29, 0.717) is 0 Å². The van der Waals surface area contributed by atoms with Gasteiger partial charge in [-0.1, -0.05) is 93.6 Å². The van der Waals surface area contributed by atoms with Crippen molar-refractivity contribution < 1.29 is 20.8 Å². The Morgan fingerprint density at radius 2 is 1.59 bits per heavy atom. The number of halogens is 2. The fraction of sp³-hybridized carbons (Fsp3) is 0.417. The Hall–Kier alpha value is -0.357. The first-order valence-corrected chi connectivity index (χ1v) is 16.4. The van der Waals surface area contributed by atoms with Crippen LogP contribution in [0.5, 0.6) is 0 Å². The number of fused-ring (bicyclic) bond motifs is 1. The van der Waals surface area contributed by atoms with E-state index in [4.69, 9.17) is 17.0 Å². The van der Waals surface area contributed by atoms with Crippen LogP contribution in [0.1, 0.15) is 69.1 Å². The second kappa shape index (κ2) is 13.0. The van der Waals surface area contributed by atoms with Crippen molar-refractivity contribution >= 4 is 23.1 Å². The molecule has 0 radical (unpaired) electrons. The van der Waals surface area contributed by atoms with Gasteiger partial charge in [-0.2, -0.15) is 0 Å². The monoisotopic (exact) mass is 478 g/mol. The molecule has 0 saturated heterocycles. The van der Waals surface area contributed by atoms with E-state index in [-0.39, 0.29) is 0 Å². The summed E-state index contributed by atoms with van der Waals surface area (Å²) in [6.45, 7) is 4.54. The molecule has 3 rings (SSSR count). The Bertz CT molecular complexity index is 720. The summed E-state index contributed by atoms with van der Waals surface area (Å²) in [4.78, 5) is 0. The topological polar surface area (TPSA) is 0 Å². The first kappa shape index (κ1) is 22.9. The van der Waals surface area contributed by atoms with Gasteiger partial charge in [-0.3, -0.25) is 0 Å². The maximum absolute atomic E-state index is 4.93. The van der Waals surface area contributed by atoms with Crippen molar-refractivity contribution in [1.29, 1.82) is 0 Å². The number of allylic oxidation sites excluding steroid dienone is 1. The molecular formula is C24H30Cl2Zr. The molecule has 0 nitrogen and oxygen atoms in total. The van der Waals surface area contributed by atoms with Gasteiger partial charge < -0.3 is 0 Å². The zero-order valence-electron chi connectivity index (χ0n) is 16.5. The van der Waals surface area contributed by atoms with Crippen molar-refractivity contribution in [3.05, 3.63) is 64.7 Å². The fourth-order valence-electron chi connectivity index (χ4n) is 3.78. The van der Waals surface area contributed by atoms with Gasteiger partial charge in [-0.05, 0) is 53.5 Å². The number of aryl methyl sites for hydroxylation is 1. The minimum atomic E-state index is -0.826. The van der Waals surface area contributed by atoms with Crippen molar-refractivity contribution in [3.63, 3.8) is 0 Å². The number of benzene rings is 2. The number of rotatable bonds is 8. The van der Waals surface area contributed by atoms with Gasteiger partial charge >= 0.3 is 37.9 Å². The Morgan fingerprint density at radius 3 is 2.26 bits per heavy atom. The SMILES string of the molecule is CCCCCCc1ccc(-c2cccc3c2C=C(CCC)C3)cc1.[Cl][Zr][Cl]. The standard InChI is InChI=1S/C24H30.2ClH.Zr/c1-3-5-6-7-10-19-13-15-21(16-14-19)23-12-8-11-22-17-20(9-4-2)18-24(22)23;;;/h8,11-16,18H,3-7,9-10,17H2,1-2H3;2*1H;/q;;;+2/p-2. The molecule has 1 aliphatic carbocycles. The molecule has 1 aliphatic rings. The molecule has 0 atom stereocenters. The number of unbranched alkanes of at least 4 members (excludes halogenated alkanes) is 3. The molecule has 0 N–H and O–H groups in total. The Kier molecular flexibility index (Phi) is 11.0. The Balaban J connectivity index is 0.000000817. The van der Waals surface area contributed by atoms with E-state index < -0.39 is 20.8 Å². The zero-order valence-corrected chi connectivity index (χ0v) is 20.5. The van der Waals surface area contributed by atoms with E-state index in [9.17, 15) is 0 Å². The van der Waals surface area contributed by atoms with Gasteiger partial charge in [-0.25, -0.2) is 0 Å².